The van der Waals surface area contributed by atoms with Gasteiger partial charge in [-0.15, -0.1) is 0 Å². The van der Waals surface area contributed by atoms with Crippen LogP contribution >= 0.6 is 15.9 Å². The predicted molar refractivity (Wildman–Crippen MR) is 87.8 cm³/mol. The van der Waals surface area contributed by atoms with Gasteiger partial charge in [0.15, 0.2) is 0 Å². The topological polar surface area (TPSA) is 64.3 Å². The zero-order chi connectivity index (χ0) is 15.2. The number of anilines is 1. The van der Waals surface area contributed by atoms with Gasteiger partial charge in [-0.2, -0.15) is 0 Å². The van der Waals surface area contributed by atoms with Crippen LogP contribution < -0.4 is 15.8 Å². The number of benzene rings is 2. The van der Waals surface area contributed by atoms with Crippen LogP contribution in [-0.2, 0) is 0 Å². The standard InChI is InChI=1S/C16H17BrN2O2/c1-11-7-12(9-13(17)8-11)16(20)19-14-3-2-4-15(10-14)21-6-5-18/h2-4,7-10H,5-6,18H2,1H3,(H,19,20). The Morgan fingerprint density at radius 1 is 1.29 bits per heavy atom. The van der Waals surface area contributed by atoms with Crippen LogP contribution in [-0.4, -0.2) is 19.1 Å². The maximum absolute atomic E-state index is 12.3. The Morgan fingerprint density at radius 2 is 2.10 bits per heavy atom. The van der Waals surface area contributed by atoms with Crippen LogP contribution in [0.3, 0.4) is 0 Å². The molecule has 0 bridgehead atoms. The molecule has 0 unspecified atom stereocenters. The van der Waals surface area contributed by atoms with Gasteiger partial charge in [0.1, 0.15) is 12.4 Å². The second-order valence-electron chi connectivity index (χ2n) is 4.64. The maximum atomic E-state index is 12.3. The third-order valence-electron chi connectivity index (χ3n) is 2.78. The molecular weight excluding hydrogens is 332 g/mol. The van der Waals surface area contributed by atoms with E-state index in [1.165, 1.54) is 0 Å². The van der Waals surface area contributed by atoms with E-state index in [0.29, 0.717) is 30.2 Å². The Morgan fingerprint density at radius 3 is 2.81 bits per heavy atom. The SMILES string of the molecule is Cc1cc(Br)cc(C(=O)Nc2cccc(OCCN)c2)c1. The van der Waals surface area contributed by atoms with Gasteiger partial charge < -0.3 is 15.8 Å². The molecule has 0 spiro atoms. The summed E-state index contributed by atoms with van der Waals surface area (Å²) < 4.78 is 6.32. The molecule has 0 saturated heterocycles. The largest absolute Gasteiger partial charge is 0.492 e. The Bertz CT molecular complexity index is 624. The van der Waals surface area contributed by atoms with Gasteiger partial charge in [-0.05, 0) is 42.8 Å². The quantitative estimate of drug-likeness (QED) is 0.870. The smallest absolute Gasteiger partial charge is 0.255 e. The van der Waals surface area contributed by atoms with E-state index in [2.05, 4.69) is 21.2 Å². The fourth-order valence-electron chi connectivity index (χ4n) is 1.91. The van der Waals surface area contributed by atoms with Gasteiger partial charge in [0.05, 0.1) is 0 Å². The number of carbonyl (C=O) groups excluding carboxylic acids is 1. The first-order valence-electron chi connectivity index (χ1n) is 6.60. The summed E-state index contributed by atoms with van der Waals surface area (Å²) in [6.07, 6.45) is 0. The monoisotopic (exact) mass is 348 g/mol. The number of carbonyl (C=O) groups is 1. The lowest BCUT2D eigenvalue weighted by Gasteiger charge is -2.09. The summed E-state index contributed by atoms with van der Waals surface area (Å²) in [5.41, 5.74) is 7.72. The average Bonchev–Trinajstić information content (AvgIpc) is 2.44. The molecule has 0 aliphatic heterocycles. The van der Waals surface area contributed by atoms with Crippen molar-refractivity contribution in [2.45, 2.75) is 6.92 Å². The summed E-state index contributed by atoms with van der Waals surface area (Å²) in [5, 5.41) is 2.86. The molecule has 2 aromatic rings. The molecule has 2 aromatic carbocycles. The lowest BCUT2D eigenvalue weighted by atomic mass is 10.1. The van der Waals surface area contributed by atoms with Gasteiger partial charge in [-0.1, -0.05) is 22.0 Å². The molecule has 1 amide bonds. The van der Waals surface area contributed by atoms with Crippen LogP contribution in [0.1, 0.15) is 15.9 Å². The minimum absolute atomic E-state index is 0.157. The van der Waals surface area contributed by atoms with Crippen LogP contribution in [0.5, 0.6) is 5.75 Å². The van der Waals surface area contributed by atoms with Crippen molar-refractivity contribution >= 4 is 27.5 Å². The van der Waals surface area contributed by atoms with Gasteiger partial charge in [0.2, 0.25) is 0 Å². The molecule has 0 saturated carbocycles. The second kappa shape index (κ2) is 7.24. The van der Waals surface area contributed by atoms with E-state index < -0.39 is 0 Å². The van der Waals surface area contributed by atoms with E-state index in [4.69, 9.17) is 10.5 Å². The van der Waals surface area contributed by atoms with Gasteiger partial charge in [-0.25, -0.2) is 0 Å². The molecule has 0 heterocycles. The fourth-order valence-corrected chi connectivity index (χ4v) is 2.52. The second-order valence-corrected chi connectivity index (χ2v) is 5.55. The van der Waals surface area contributed by atoms with Crippen molar-refractivity contribution in [2.75, 3.05) is 18.5 Å². The summed E-state index contributed by atoms with van der Waals surface area (Å²) in [5.74, 6) is 0.527. The van der Waals surface area contributed by atoms with E-state index in [1.54, 1.807) is 12.1 Å². The van der Waals surface area contributed by atoms with Crippen LogP contribution in [0.4, 0.5) is 5.69 Å². The third kappa shape index (κ3) is 4.58. The number of hydrogen-bond acceptors (Lipinski definition) is 3. The number of aryl methyl sites for hydroxylation is 1. The minimum atomic E-state index is -0.157. The average molecular weight is 349 g/mol. The molecule has 110 valence electrons. The number of ether oxygens (including phenoxy) is 1. The van der Waals surface area contributed by atoms with Crippen molar-refractivity contribution in [2.24, 2.45) is 5.73 Å². The van der Waals surface area contributed by atoms with Crippen LogP contribution in [0.25, 0.3) is 0 Å². The summed E-state index contributed by atoms with van der Waals surface area (Å²) in [4.78, 5) is 12.3. The van der Waals surface area contributed by atoms with Crippen LogP contribution in [0.2, 0.25) is 0 Å². The number of nitrogens with one attached hydrogen (secondary N) is 1. The Kier molecular flexibility index (Phi) is 5.36. The van der Waals surface area contributed by atoms with Crippen molar-refractivity contribution in [1.29, 1.82) is 0 Å². The van der Waals surface area contributed by atoms with Crippen molar-refractivity contribution in [3.05, 3.63) is 58.1 Å². The molecule has 0 aromatic heterocycles. The lowest BCUT2D eigenvalue weighted by molar-refractivity contribution is 0.102. The zero-order valence-corrected chi connectivity index (χ0v) is 13.3. The molecule has 5 heteroatoms. The Labute approximate surface area is 132 Å². The van der Waals surface area contributed by atoms with E-state index in [9.17, 15) is 4.79 Å². The molecule has 4 nitrogen and oxygen atoms in total. The molecule has 0 aliphatic carbocycles. The normalized spacial score (nSPS) is 10.2. The zero-order valence-electron chi connectivity index (χ0n) is 11.7. The minimum Gasteiger partial charge on any atom is -0.492 e. The summed E-state index contributed by atoms with van der Waals surface area (Å²) in [6, 6.07) is 12.8. The highest BCUT2D eigenvalue weighted by Gasteiger charge is 2.08. The maximum Gasteiger partial charge on any atom is 0.255 e. The van der Waals surface area contributed by atoms with Crippen molar-refractivity contribution in [3.63, 3.8) is 0 Å². The molecule has 0 aliphatic rings. The van der Waals surface area contributed by atoms with Crippen molar-refractivity contribution in [1.82, 2.24) is 0 Å². The highest BCUT2D eigenvalue weighted by Crippen LogP contribution is 2.20. The van der Waals surface area contributed by atoms with Crippen molar-refractivity contribution < 1.29 is 9.53 Å². The summed E-state index contributed by atoms with van der Waals surface area (Å²) in [6.45, 7) is 2.85. The lowest BCUT2D eigenvalue weighted by Crippen LogP contribution is -2.13. The molecule has 3 N–H and O–H groups in total. The molecule has 0 fully saturated rings. The van der Waals surface area contributed by atoms with Crippen LogP contribution in [0.15, 0.2) is 46.9 Å². The highest BCUT2D eigenvalue weighted by atomic mass is 79.9. The van der Waals surface area contributed by atoms with Gasteiger partial charge in [0, 0.05) is 28.3 Å². The number of halogens is 1. The highest BCUT2D eigenvalue weighted by molar-refractivity contribution is 9.10. The Hall–Kier alpha value is -1.85. The first-order valence-corrected chi connectivity index (χ1v) is 7.39. The van der Waals surface area contributed by atoms with E-state index in [0.717, 1.165) is 10.0 Å². The predicted octanol–water partition coefficient (Wildman–Crippen LogP) is 3.35. The fraction of sp³-hybridized carbons (Fsp3) is 0.188. The summed E-state index contributed by atoms with van der Waals surface area (Å²) >= 11 is 3.39. The van der Waals surface area contributed by atoms with Gasteiger partial charge in [-0.3, -0.25) is 4.79 Å². The first-order chi connectivity index (χ1) is 10.1. The molecule has 0 radical (unpaired) electrons. The molecule has 21 heavy (non-hydrogen) atoms. The summed E-state index contributed by atoms with van der Waals surface area (Å²) in [7, 11) is 0. The number of nitrogens with two attached hydrogens (primary N) is 1. The molecular formula is C16H17BrN2O2. The third-order valence-corrected chi connectivity index (χ3v) is 3.24. The number of rotatable bonds is 5. The number of amides is 1. The first kappa shape index (κ1) is 15.5. The van der Waals surface area contributed by atoms with E-state index in [1.807, 2.05) is 37.3 Å². The van der Waals surface area contributed by atoms with Crippen molar-refractivity contribution in [3.8, 4) is 5.75 Å². The molecule has 2 rings (SSSR count). The van der Waals surface area contributed by atoms with Gasteiger partial charge >= 0.3 is 0 Å². The number of hydrogen-bond donors (Lipinski definition) is 2. The van der Waals surface area contributed by atoms with Gasteiger partial charge in [0.25, 0.3) is 5.91 Å². The van der Waals surface area contributed by atoms with Crippen LogP contribution in [0, 0.1) is 6.92 Å². The Balaban J connectivity index is 2.11. The molecule has 0 atom stereocenters. The van der Waals surface area contributed by atoms with E-state index in [-0.39, 0.29) is 5.91 Å². The van der Waals surface area contributed by atoms with E-state index >= 15 is 0 Å².